The zero-order valence-corrected chi connectivity index (χ0v) is 15.4. The van der Waals surface area contributed by atoms with Gasteiger partial charge in [0.05, 0.1) is 13.7 Å². The first-order valence-electron chi connectivity index (χ1n) is 8.58. The van der Waals surface area contributed by atoms with Crippen molar-refractivity contribution in [2.45, 2.75) is 6.92 Å². The van der Waals surface area contributed by atoms with Crippen LogP contribution < -0.4 is 10.1 Å². The Labute approximate surface area is 161 Å². The molecule has 0 aliphatic carbocycles. The van der Waals surface area contributed by atoms with Crippen molar-refractivity contribution in [1.82, 2.24) is 0 Å². The summed E-state index contributed by atoms with van der Waals surface area (Å²) >= 11 is 0. The van der Waals surface area contributed by atoms with Gasteiger partial charge in [0.1, 0.15) is 0 Å². The summed E-state index contributed by atoms with van der Waals surface area (Å²) in [5.41, 5.74) is 0.941. The molecule has 7 nitrogen and oxygen atoms in total. The fourth-order valence-corrected chi connectivity index (χ4v) is 2.61. The highest BCUT2D eigenvalue weighted by molar-refractivity contribution is 6.26. The van der Waals surface area contributed by atoms with Crippen LogP contribution in [0.2, 0.25) is 0 Å². The van der Waals surface area contributed by atoms with Crippen molar-refractivity contribution in [2.24, 2.45) is 0 Å². The van der Waals surface area contributed by atoms with Crippen LogP contribution in [0, 0.1) is 0 Å². The Morgan fingerprint density at radius 3 is 2.61 bits per heavy atom. The van der Waals surface area contributed by atoms with Crippen LogP contribution in [0.1, 0.15) is 12.5 Å². The molecular weight excluding hydrogens is 362 g/mol. The third-order valence-corrected chi connectivity index (χ3v) is 3.90. The normalized spacial score (nSPS) is 14.8. The molecule has 3 rings (SSSR count). The number of hydrogen-bond acceptors (Lipinski definition) is 7. The lowest BCUT2D eigenvalue weighted by Crippen LogP contribution is -2.16. The number of phenolic OH excluding ortho intramolecular Hbond substituents is 1. The summed E-state index contributed by atoms with van der Waals surface area (Å²) in [6.45, 7) is 1.78. The van der Waals surface area contributed by atoms with Crippen LogP contribution in [0.3, 0.4) is 0 Å². The lowest BCUT2D eigenvalue weighted by atomic mass is 10.1. The average molecular weight is 381 g/mol. The number of ether oxygens (including phenoxy) is 3. The van der Waals surface area contributed by atoms with E-state index in [0.29, 0.717) is 17.0 Å². The number of rotatable bonds is 6. The van der Waals surface area contributed by atoms with E-state index in [0.717, 1.165) is 0 Å². The molecule has 0 saturated heterocycles. The average Bonchev–Trinajstić information content (AvgIpc) is 2.98. The van der Waals surface area contributed by atoms with E-state index in [1.807, 2.05) is 6.07 Å². The van der Waals surface area contributed by atoms with Crippen molar-refractivity contribution in [3.05, 3.63) is 71.3 Å². The van der Waals surface area contributed by atoms with Gasteiger partial charge in [-0.3, -0.25) is 4.79 Å². The maximum atomic E-state index is 12.8. The molecule has 0 spiro atoms. The maximum absolute atomic E-state index is 12.8. The van der Waals surface area contributed by atoms with Gasteiger partial charge in [-0.1, -0.05) is 24.3 Å². The van der Waals surface area contributed by atoms with Gasteiger partial charge < -0.3 is 24.6 Å². The number of ketones is 1. The first kappa shape index (κ1) is 19.0. The maximum Gasteiger partial charge on any atom is 0.347 e. The number of methoxy groups -OCH3 is 1. The number of esters is 1. The van der Waals surface area contributed by atoms with Crippen molar-refractivity contribution in [3.63, 3.8) is 0 Å². The van der Waals surface area contributed by atoms with Crippen LogP contribution >= 0.6 is 0 Å². The first-order chi connectivity index (χ1) is 13.5. The third kappa shape index (κ3) is 3.98. The summed E-state index contributed by atoms with van der Waals surface area (Å²) in [5.74, 6) is -1.22. The molecule has 0 atom stereocenters. The number of nitrogens with one attached hydrogen (secondary N) is 1. The molecule has 2 aromatic carbocycles. The van der Waals surface area contributed by atoms with Gasteiger partial charge in [-0.2, -0.15) is 0 Å². The quantitative estimate of drug-likeness (QED) is 0.451. The Morgan fingerprint density at radius 2 is 1.96 bits per heavy atom. The van der Waals surface area contributed by atoms with E-state index in [1.54, 1.807) is 43.3 Å². The van der Waals surface area contributed by atoms with Gasteiger partial charge in [-0.05, 0) is 42.8 Å². The van der Waals surface area contributed by atoms with Crippen LogP contribution in [-0.4, -0.2) is 30.6 Å². The minimum atomic E-state index is -0.771. The molecule has 0 saturated carbocycles. The largest absolute Gasteiger partial charge is 0.504 e. The Balaban J connectivity index is 1.93. The van der Waals surface area contributed by atoms with Gasteiger partial charge in [0.2, 0.25) is 11.7 Å². The Bertz CT molecular complexity index is 962. The topological polar surface area (TPSA) is 94.1 Å². The highest BCUT2D eigenvalue weighted by Crippen LogP contribution is 2.31. The second-order valence-corrected chi connectivity index (χ2v) is 5.79. The van der Waals surface area contributed by atoms with Gasteiger partial charge in [0, 0.05) is 5.69 Å². The molecule has 7 heteroatoms. The monoisotopic (exact) mass is 381 g/mol. The molecular formula is C21H19NO6. The standard InChI is InChI=1S/C21H19NO6/c1-3-27-21(25)18-19(24)17(12-13-9-10-16(26-2)15(23)11-13)28-20(18)22-14-7-5-4-6-8-14/h4-12,22-23H,3H2,1-2H3/b17-12+. The molecule has 1 aliphatic heterocycles. The second-order valence-electron chi connectivity index (χ2n) is 5.79. The minimum absolute atomic E-state index is 0.00127. The van der Waals surface area contributed by atoms with Crippen LogP contribution in [0.15, 0.2) is 65.7 Å². The highest BCUT2D eigenvalue weighted by atomic mass is 16.5. The van der Waals surface area contributed by atoms with Crippen LogP contribution in [0.25, 0.3) is 6.08 Å². The Hall–Kier alpha value is -3.74. The molecule has 0 amide bonds. The van der Waals surface area contributed by atoms with Gasteiger partial charge in [0.15, 0.2) is 22.8 Å². The SMILES string of the molecule is CCOC(=O)C1=C(Nc2ccccc2)O/C(=C/c2ccc(OC)c(O)c2)C1=O. The molecule has 0 aromatic heterocycles. The van der Waals surface area contributed by atoms with Crippen LogP contribution in [0.4, 0.5) is 5.69 Å². The van der Waals surface area contributed by atoms with E-state index in [9.17, 15) is 14.7 Å². The minimum Gasteiger partial charge on any atom is -0.504 e. The number of allylic oxidation sites excluding steroid dienone is 1. The smallest absolute Gasteiger partial charge is 0.347 e. The summed E-state index contributed by atoms with van der Waals surface area (Å²) in [6.07, 6.45) is 1.43. The van der Waals surface area contributed by atoms with E-state index in [-0.39, 0.29) is 29.6 Å². The van der Waals surface area contributed by atoms with E-state index in [2.05, 4.69) is 5.32 Å². The zero-order valence-electron chi connectivity index (χ0n) is 15.4. The van der Waals surface area contributed by atoms with Crippen molar-refractivity contribution in [2.75, 3.05) is 19.0 Å². The van der Waals surface area contributed by atoms with E-state index in [1.165, 1.54) is 19.3 Å². The van der Waals surface area contributed by atoms with E-state index in [4.69, 9.17) is 14.2 Å². The second kappa shape index (κ2) is 8.30. The Kier molecular flexibility index (Phi) is 5.64. The summed E-state index contributed by atoms with van der Waals surface area (Å²) in [4.78, 5) is 25.0. The van der Waals surface area contributed by atoms with Crippen molar-refractivity contribution in [3.8, 4) is 11.5 Å². The van der Waals surface area contributed by atoms with Crippen molar-refractivity contribution in [1.29, 1.82) is 0 Å². The number of phenols is 1. The molecule has 0 bridgehead atoms. The number of anilines is 1. The fourth-order valence-electron chi connectivity index (χ4n) is 2.61. The molecule has 0 radical (unpaired) electrons. The number of carbonyl (C=O) groups excluding carboxylic acids is 2. The summed E-state index contributed by atoms with van der Waals surface area (Å²) < 4.78 is 15.6. The fraction of sp³-hybridized carbons (Fsp3) is 0.143. The molecule has 1 heterocycles. The summed E-state index contributed by atoms with van der Waals surface area (Å²) in [5, 5.41) is 12.8. The predicted octanol–water partition coefficient (Wildman–Crippen LogP) is 3.23. The van der Waals surface area contributed by atoms with E-state index >= 15 is 0 Å². The lowest BCUT2D eigenvalue weighted by molar-refractivity contribution is -0.139. The number of para-hydroxylation sites is 1. The Morgan fingerprint density at radius 1 is 1.21 bits per heavy atom. The van der Waals surface area contributed by atoms with Gasteiger partial charge in [-0.25, -0.2) is 4.79 Å². The third-order valence-electron chi connectivity index (χ3n) is 3.90. The summed E-state index contributed by atoms with van der Waals surface area (Å²) in [7, 11) is 1.44. The molecule has 28 heavy (non-hydrogen) atoms. The number of aromatic hydroxyl groups is 1. The predicted molar refractivity (Wildman–Crippen MR) is 102 cm³/mol. The van der Waals surface area contributed by atoms with Gasteiger partial charge in [-0.15, -0.1) is 0 Å². The highest BCUT2D eigenvalue weighted by Gasteiger charge is 2.37. The molecule has 2 N–H and O–H groups in total. The molecule has 2 aromatic rings. The summed E-state index contributed by atoms with van der Waals surface area (Å²) in [6, 6.07) is 13.6. The molecule has 1 aliphatic rings. The zero-order chi connectivity index (χ0) is 20.1. The number of benzene rings is 2. The lowest BCUT2D eigenvalue weighted by Gasteiger charge is -2.08. The number of carbonyl (C=O) groups is 2. The number of hydrogen-bond donors (Lipinski definition) is 2. The molecule has 0 fully saturated rings. The van der Waals surface area contributed by atoms with E-state index < -0.39 is 11.8 Å². The van der Waals surface area contributed by atoms with Crippen molar-refractivity contribution < 1.29 is 28.9 Å². The molecule has 0 unspecified atom stereocenters. The molecule has 144 valence electrons. The van der Waals surface area contributed by atoms with Crippen molar-refractivity contribution >= 4 is 23.5 Å². The van der Waals surface area contributed by atoms with Gasteiger partial charge >= 0.3 is 5.97 Å². The van der Waals surface area contributed by atoms with Gasteiger partial charge in [0.25, 0.3) is 0 Å². The van der Waals surface area contributed by atoms with Crippen LogP contribution in [0.5, 0.6) is 11.5 Å². The first-order valence-corrected chi connectivity index (χ1v) is 8.58. The van der Waals surface area contributed by atoms with Crippen LogP contribution in [-0.2, 0) is 19.1 Å². The number of Topliss-reactive ketones (excluding diaryl/α,β-unsaturated/α-hetero) is 1.